The molecule has 1 aromatic rings. The Morgan fingerprint density at radius 3 is 2.61 bits per heavy atom. The number of hydrogen-bond donors (Lipinski definition) is 1. The van der Waals surface area contributed by atoms with Crippen molar-refractivity contribution in [1.82, 2.24) is 0 Å². The zero-order chi connectivity index (χ0) is 17.6. The largest absolute Gasteiger partial charge is 0.459 e. The second-order valence-electron chi connectivity index (χ2n) is 5.94. The third kappa shape index (κ3) is 5.90. The van der Waals surface area contributed by atoms with Gasteiger partial charge < -0.3 is 10.5 Å². The van der Waals surface area contributed by atoms with Gasteiger partial charge in [0.05, 0.1) is 4.92 Å². The summed E-state index contributed by atoms with van der Waals surface area (Å²) in [7, 11) is 0. The number of nitro groups is 1. The van der Waals surface area contributed by atoms with Crippen molar-refractivity contribution in [2.45, 2.75) is 33.3 Å². The lowest BCUT2D eigenvalue weighted by molar-refractivity contribution is -0.385. The summed E-state index contributed by atoms with van der Waals surface area (Å²) in [5.41, 5.74) is 6.57. The van der Waals surface area contributed by atoms with E-state index in [1.807, 2.05) is 0 Å². The molecule has 2 N–H and O–H groups in total. The second kappa shape index (κ2) is 7.53. The van der Waals surface area contributed by atoms with Crippen LogP contribution in [-0.2, 0) is 9.53 Å². The number of carbonyl (C=O) groups is 1. The van der Waals surface area contributed by atoms with Crippen molar-refractivity contribution in [2.24, 2.45) is 10.7 Å². The first kappa shape index (κ1) is 18.3. The van der Waals surface area contributed by atoms with Crippen LogP contribution in [0.1, 0.15) is 31.9 Å². The highest BCUT2D eigenvalue weighted by molar-refractivity contribution is 6.10. The van der Waals surface area contributed by atoms with Crippen molar-refractivity contribution in [3.8, 4) is 0 Å². The minimum absolute atomic E-state index is 0.00222. The Bertz CT molecular complexity index is 658. The Morgan fingerprint density at radius 2 is 2.09 bits per heavy atom. The van der Waals surface area contributed by atoms with Crippen molar-refractivity contribution >= 4 is 23.4 Å². The highest BCUT2D eigenvalue weighted by Crippen LogP contribution is 2.22. The summed E-state index contributed by atoms with van der Waals surface area (Å²) in [6.07, 6.45) is 2.69. The molecule has 124 valence electrons. The van der Waals surface area contributed by atoms with Gasteiger partial charge in [-0.05, 0) is 33.3 Å². The molecule has 1 rings (SSSR count). The van der Waals surface area contributed by atoms with E-state index in [0.29, 0.717) is 16.7 Å². The molecule has 0 aliphatic rings. The molecule has 0 fully saturated rings. The maximum Gasteiger partial charge on any atom is 0.328 e. The molecule has 0 amide bonds. The molecule has 0 aromatic heterocycles. The van der Waals surface area contributed by atoms with E-state index in [9.17, 15) is 14.9 Å². The number of rotatable bonds is 5. The van der Waals surface area contributed by atoms with Gasteiger partial charge in [-0.3, -0.25) is 19.9 Å². The minimum atomic E-state index is -0.573. The third-order valence-electron chi connectivity index (χ3n) is 2.79. The molecule has 0 unspecified atom stereocenters. The Hall–Kier alpha value is -2.70. The Kier molecular flexibility index (Phi) is 6.01. The topological polar surface area (TPSA) is 108 Å². The van der Waals surface area contributed by atoms with Gasteiger partial charge in [0.1, 0.15) is 12.1 Å². The first-order valence-corrected chi connectivity index (χ1v) is 7.03. The molecule has 23 heavy (non-hydrogen) atoms. The number of aryl methyl sites for hydroxylation is 1. The van der Waals surface area contributed by atoms with Crippen molar-refractivity contribution < 1.29 is 14.5 Å². The van der Waals surface area contributed by atoms with Crippen LogP contribution in [0.5, 0.6) is 0 Å². The van der Waals surface area contributed by atoms with Crippen LogP contribution in [0.3, 0.4) is 0 Å². The first-order valence-electron chi connectivity index (χ1n) is 7.03. The number of carbonyl (C=O) groups excluding carboxylic acids is 1. The maximum atomic E-state index is 11.6. The summed E-state index contributed by atoms with van der Waals surface area (Å²) in [6, 6.07) is 4.77. The van der Waals surface area contributed by atoms with E-state index in [0.717, 1.165) is 0 Å². The van der Waals surface area contributed by atoms with Gasteiger partial charge in [-0.2, -0.15) is 0 Å². The van der Waals surface area contributed by atoms with E-state index in [4.69, 9.17) is 10.5 Å². The highest BCUT2D eigenvalue weighted by atomic mass is 16.6. The van der Waals surface area contributed by atoms with Gasteiger partial charge in [-0.25, -0.2) is 0 Å². The number of benzene rings is 1. The lowest BCUT2D eigenvalue weighted by Gasteiger charge is -2.18. The number of aliphatic imine (C=N–C) groups is 1. The molecule has 1 aromatic carbocycles. The van der Waals surface area contributed by atoms with E-state index in [2.05, 4.69) is 4.99 Å². The summed E-state index contributed by atoms with van der Waals surface area (Å²) >= 11 is 0. The molecule has 0 saturated heterocycles. The average molecular weight is 319 g/mol. The predicted octanol–water partition coefficient (Wildman–Crippen LogP) is 2.62. The highest BCUT2D eigenvalue weighted by Gasteiger charge is 2.15. The molecule has 0 aliphatic heterocycles. The molecule has 0 radical (unpaired) electrons. The van der Waals surface area contributed by atoms with Crippen molar-refractivity contribution in [3.63, 3.8) is 0 Å². The maximum absolute atomic E-state index is 11.6. The molecule has 0 heterocycles. The molecule has 0 aliphatic carbocycles. The fraction of sp³-hybridized carbons (Fsp3) is 0.375. The van der Waals surface area contributed by atoms with E-state index in [-0.39, 0.29) is 12.2 Å². The summed E-state index contributed by atoms with van der Waals surface area (Å²) in [5, 5.41) is 11.0. The van der Waals surface area contributed by atoms with Gasteiger partial charge in [0.15, 0.2) is 0 Å². The standard InChI is InChI=1S/C16H21N3O4/c1-11-5-6-12(7-14(11)19(21)22)13(8-17)9-18-10-15(20)23-16(2,3)4/h5-9H,10,17H2,1-4H3. The molecule has 0 saturated carbocycles. The fourth-order valence-corrected chi connectivity index (χ4v) is 1.79. The van der Waals surface area contributed by atoms with Crippen LogP contribution >= 0.6 is 0 Å². The fourth-order valence-electron chi connectivity index (χ4n) is 1.79. The van der Waals surface area contributed by atoms with Crippen LogP contribution in [-0.4, -0.2) is 29.3 Å². The van der Waals surface area contributed by atoms with Crippen LogP contribution in [0.2, 0.25) is 0 Å². The van der Waals surface area contributed by atoms with Crippen LogP contribution in [0.15, 0.2) is 29.4 Å². The minimum Gasteiger partial charge on any atom is -0.459 e. The normalized spacial score (nSPS) is 12.4. The van der Waals surface area contributed by atoms with E-state index in [1.165, 1.54) is 18.5 Å². The number of nitrogens with two attached hydrogens (primary N) is 1. The number of allylic oxidation sites excluding steroid dienone is 1. The first-order chi connectivity index (χ1) is 10.6. The van der Waals surface area contributed by atoms with Gasteiger partial charge in [-0.15, -0.1) is 0 Å². The SMILES string of the molecule is Cc1ccc(C(C=NCC(=O)OC(C)(C)C)=CN)cc1[N+](=O)[O-]. The summed E-state index contributed by atoms with van der Waals surface area (Å²) in [5.74, 6) is -0.458. The van der Waals surface area contributed by atoms with Gasteiger partial charge in [0.2, 0.25) is 0 Å². The molecular formula is C16H21N3O4. The van der Waals surface area contributed by atoms with E-state index in [1.54, 1.807) is 39.8 Å². The van der Waals surface area contributed by atoms with E-state index >= 15 is 0 Å². The third-order valence-corrected chi connectivity index (χ3v) is 2.79. The average Bonchev–Trinajstić information content (AvgIpc) is 2.42. The summed E-state index contributed by atoms with van der Waals surface area (Å²) in [4.78, 5) is 26.1. The van der Waals surface area contributed by atoms with Crippen molar-refractivity contribution in [1.29, 1.82) is 0 Å². The molecule has 0 spiro atoms. The molecule has 0 atom stereocenters. The van der Waals surface area contributed by atoms with Gasteiger partial charge in [0, 0.05) is 29.6 Å². The molecule has 0 bridgehead atoms. The monoisotopic (exact) mass is 319 g/mol. The summed E-state index contributed by atoms with van der Waals surface area (Å²) in [6.45, 7) is 6.81. The quantitative estimate of drug-likeness (QED) is 0.388. The van der Waals surface area contributed by atoms with Crippen molar-refractivity contribution in [3.05, 3.63) is 45.6 Å². The summed E-state index contributed by atoms with van der Waals surface area (Å²) < 4.78 is 5.13. The van der Waals surface area contributed by atoms with Crippen LogP contribution in [0.4, 0.5) is 5.69 Å². The van der Waals surface area contributed by atoms with Crippen LogP contribution in [0, 0.1) is 17.0 Å². The molecule has 7 nitrogen and oxygen atoms in total. The zero-order valence-corrected chi connectivity index (χ0v) is 13.7. The smallest absolute Gasteiger partial charge is 0.328 e. The van der Waals surface area contributed by atoms with E-state index < -0.39 is 16.5 Å². The van der Waals surface area contributed by atoms with Gasteiger partial charge >= 0.3 is 5.97 Å². The molecular weight excluding hydrogens is 298 g/mol. The Labute approximate surface area is 135 Å². The number of nitrogens with zero attached hydrogens (tertiary/aromatic N) is 2. The predicted molar refractivity (Wildman–Crippen MR) is 89.2 cm³/mol. The Balaban J connectivity index is 2.86. The zero-order valence-electron chi connectivity index (χ0n) is 13.7. The lowest BCUT2D eigenvalue weighted by Crippen LogP contribution is -2.25. The number of hydrogen-bond acceptors (Lipinski definition) is 6. The molecule has 7 heteroatoms. The van der Waals surface area contributed by atoms with Gasteiger partial charge in [0.25, 0.3) is 5.69 Å². The number of esters is 1. The lowest BCUT2D eigenvalue weighted by atomic mass is 10.0. The Morgan fingerprint density at radius 1 is 1.43 bits per heavy atom. The van der Waals surface area contributed by atoms with Crippen LogP contribution < -0.4 is 5.73 Å². The van der Waals surface area contributed by atoms with Crippen molar-refractivity contribution in [2.75, 3.05) is 6.54 Å². The number of nitro benzene ring substituents is 1. The number of ether oxygens (including phenoxy) is 1. The van der Waals surface area contributed by atoms with Crippen LogP contribution in [0.25, 0.3) is 5.57 Å². The van der Waals surface area contributed by atoms with Gasteiger partial charge in [-0.1, -0.05) is 12.1 Å². The second-order valence-corrected chi connectivity index (χ2v) is 5.94.